The summed E-state index contributed by atoms with van der Waals surface area (Å²) in [6.45, 7) is 7.18. The summed E-state index contributed by atoms with van der Waals surface area (Å²) in [4.78, 5) is 25.9. The second-order valence-corrected chi connectivity index (χ2v) is 9.80. The predicted octanol–water partition coefficient (Wildman–Crippen LogP) is 5.00. The highest BCUT2D eigenvalue weighted by Crippen LogP contribution is 2.35. The second-order valence-electron chi connectivity index (χ2n) is 9.80. The summed E-state index contributed by atoms with van der Waals surface area (Å²) in [6.07, 6.45) is 4.82. The molecule has 8 heteroatoms. The minimum atomic E-state index is -0.922. The summed E-state index contributed by atoms with van der Waals surface area (Å²) in [5.74, 6) is -2.96. The molecule has 2 heterocycles. The molecule has 8 nitrogen and oxygen atoms in total. The van der Waals surface area contributed by atoms with Crippen molar-refractivity contribution < 1.29 is 38.7 Å². The third kappa shape index (κ3) is 6.21. The topological polar surface area (TPSA) is 112 Å². The molecule has 0 amide bonds. The van der Waals surface area contributed by atoms with Crippen LogP contribution in [0.3, 0.4) is 0 Å². The molecule has 0 spiro atoms. The van der Waals surface area contributed by atoms with Gasteiger partial charge in [0.25, 0.3) is 0 Å². The van der Waals surface area contributed by atoms with Crippen molar-refractivity contribution in [3.05, 3.63) is 77.4 Å². The Morgan fingerprint density at radius 1 is 1.05 bits per heavy atom. The molecule has 0 aliphatic carbocycles. The molecule has 2 unspecified atom stereocenters. The van der Waals surface area contributed by atoms with Gasteiger partial charge in [0.2, 0.25) is 0 Å². The van der Waals surface area contributed by atoms with E-state index in [0.717, 1.165) is 6.07 Å². The van der Waals surface area contributed by atoms with Crippen LogP contribution in [0.4, 0.5) is 0 Å². The molecule has 5 atom stereocenters. The van der Waals surface area contributed by atoms with Crippen molar-refractivity contribution in [2.24, 2.45) is 5.92 Å². The van der Waals surface area contributed by atoms with Crippen molar-refractivity contribution >= 4 is 18.0 Å². The fraction of sp³-hybridized carbons (Fsp3) is 0.379. The van der Waals surface area contributed by atoms with Crippen LogP contribution in [0.2, 0.25) is 0 Å². The Bertz CT molecular complexity index is 1200. The highest BCUT2D eigenvalue weighted by atomic mass is 16.8. The smallest absolute Gasteiger partial charge is 0.342 e. The molecule has 0 aromatic heterocycles. The number of benzene rings is 2. The molecular formula is C29H32O8. The first kappa shape index (κ1) is 26.4. The molecule has 1 fully saturated rings. The van der Waals surface area contributed by atoms with Gasteiger partial charge >= 0.3 is 11.9 Å². The summed E-state index contributed by atoms with van der Waals surface area (Å²) in [5.41, 5.74) is 0.678. The lowest BCUT2D eigenvalue weighted by Gasteiger charge is -2.25. The zero-order valence-electron chi connectivity index (χ0n) is 21.3. The molecule has 2 aromatic carbocycles. The Hall–Kier alpha value is -3.62. The maximum Gasteiger partial charge on any atom is 0.342 e. The van der Waals surface area contributed by atoms with Gasteiger partial charge < -0.3 is 29.2 Å². The van der Waals surface area contributed by atoms with E-state index in [1.807, 2.05) is 19.1 Å². The molecule has 0 radical (unpaired) electrons. The first-order chi connectivity index (χ1) is 17.5. The largest absolute Gasteiger partial charge is 0.508 e. The summed E-state index contributed by atoms with van der Waals surface area (Å²) >= 11 is 0. The zero-order valence-corrected chi connectivity index (χ0v) is 21.3. The van der Waals surface area contributed by atoms with E-state index in [1.54, 1.807) is 63.3 Å². The summed E-state index contributed by atoms with van der Waals surface area (Å²) in [5, 5.41) is 20.4. The van der Waals surface area contributed by atoms with Crippen molar-refractivity contribution in [3.8, 4) is 11.5 Å². The molecule has 4 rings (SSSR count). The van der Waals surface area contributed by atoms with Crippen LogP contribution in [-0.4, -0.2) is 52.4 Å². The third-order valence-electron chi connectivity index (χ3n) is 6.44. The first-order valence-corrected chi connectivity index (χ1v) is 12.3. The molecular weight excluding hydrogens is 476 g/mol. The van der Waals surface area contributed by atoms with E-state index >= 15 is 0 Å². The van der Waals surface area contributed by atoms with Crippen LogP contribution in [0, 0.1) is 5.92 Å². The third-order valence-corrected chi connectivity index (χ3v) is 6.44. The fourth-order valence-corrected chi connectivity index (χ4v) is 4.40. The molecule has 1 saturated heterocycles. The van der Waals surface area contributed by atoms with Crippen molar-refractivity contribution in [2.75, 3.05) is 0 Å². The van der Waals surface area contributed by atoms with Gasteiger partial charge in [-0.1, -0.05) is 43.4 Å². The number of fused-ring (bicyclic) bond motifs is 2. The van der Waals surface area contributed by atoms with E-state index in [-0.39, 0.29) is 23.0 Å². The predicted molar refractivity (Wildman–Crippen MR) is 136 cm³/mol. The molecule has 2 aliphatic rings. The average molecular weight is 509 g/mol. The van der Waals surface area contributed by atoms with Gasteiger partial charge in [0.15, 0.2) is 5.79 Å². The number of aromatic hydroxyl groups is 2. The van der Waals surface area contributed by atoms with Gasteiger partial charge in [0, 0.05) is 12.0 Å². The Labute approximate surface area is 216 Å². The summed E-state index contributed by atoms with van der Waals surface area (Å²) in [6, 6.07) is 11.2. The van der Waals surface area contributed by atoms with Gasteiger partial charge in [-0.05, 0) is 57.0 Å². The minimum absolute atomic E-state index is 0.0377. The lowest BCUT2D eigenvalue weighted by Crippen LogP contribution is -2.37. The van der Waals surface area contributed by atoms with E-state index in [2.05, 4.69) is 0 Å². The van der Waals surface area contributed by atoms with Crippen molar-refractivity contribution in [3.63, 3.8) is 0 Å². The van der Waals surface area contributed by atoms with Crippen molar-refractivity contribution in [2.45, 2.75) is 64.3 Å². The number of phenols is 2. The Morgan fingerprint density at radius 2 is 1.78 bits per heavy atom. The van der Waals surface area contributed by atoms with Crippen LogP contribution < -0.4 is 0 Å². The van der Waals surface area contributed by atoms with E-state index in [1.165, 1.54) is 6.07 Å². The molecule has 2 aliphatic heterocycles. The van der Waals surface area contributed by atoms with Gasteiger partial charge in [-0.15, -0.1) is 0 Å². The molecule has 0 saturated carbocycles. The minimum Gasteiger partial charge on any atom is -0.508 e. The maximum absolute atomic E-state index is 13.0. The van der Waals surface area contributed by atoms with Gasteiger partial charge in [0.05, 0.1) is 11.7 Å². The van der Waals surface area contributed by atoms with Gasteiger partial charge in [-0.3, -0.25) is 0 Å². The van der Waals surface area contributed by atoms with Crippen LogP contribution in [0.25, 0.3) is 6.08 Å². The van der Waals surface area contributed by atoms with Crippen LogP contribution in [0.5, 0.6) is 11.5 Å². The number of ether oxygens (including phenoxy) is 4. The van der Waals surface area contributed by atoms with Crippen LogP contribution in [0.15, 0.2) is 60.7 Å². The van der Waals surface area contributed by atoms with Crippen molar-refractivity contribution in [1.29, 1.82) is 0 Å². The Morgan fingerprint density at radius 3 is 2.51 bits per heavy atom. The quantitative estimate of drug-likeness (QED) is 0.431. The number of rotatable bonds is 2. The van der Waals surface area contributed by atoms with Gasteiger partial charge in [-0.2, -0.15) is 0 Å². The van der Waals surface area contributed by atoms with Gasteiger partial charge in [-0.25, -0.2) is 9.59 Å². The lowest BCUT2D eigenvalue weighted by molar-refractivity contribution is -0.152. The highest BCUT2D eigenvalue weighted by Gasteiger charge is 2.45. The van der Waals surface area contributed by atoms with E-state index in [0.29, 0.717) is 17.5 Å². The van der Waals surface area contributed by atoms with Crippen molar-refractivity contribution in [1.82, 2.24) is 0 Å². The monoisotopic (exact) mass is 508 g/mol. The molecule has 37 heavy (non-hydrogen) atoms. The number of cyclic esters (lactones) is 1. The van der Waals surface area contributed by atoms with E-state index in [9.17, 15) is 19.8 Å². The van der Waals surface area contributed by atoms with Crippen LogP contribution >= 0.6 is 0 Å². The summed E-state index contributed by atoms with van der Waals surface area (Å²) < 4.78 is 23.9. The number of carbonyl (C=O) groups excluding carboxylic acids is 2. The molecule has 0 bridgehead atoms. The zero-order chi connectivity index (χ0) is 26.7. The number of carbonyl (C=O) groups is 2. The Kier molecular flexibility index (Phi) is 7.71. The SMILES string of the molecule is C[C@@H]1/C=C\C(OC(=O)c2ccccc2)C2OC(C)(C)O[C@H]2C/C=C/c2cc(O)cc(O)c2C(=O)O[C@H]1C. The van der Waals surface area contributed by atoms with Gasteiger partial charge in [0.1, 0.15) is 35.4 Å². The van der Waals surface area contributed by atoms with E-state index < -0.39 is 42.1 Å². The standard InChI is InChI=1S/C29H32O8/c1-17-13-14-23(35-27(32)19-9-6-5-7-10-19)26-24(36-29(3,4)37-26)12-8-11-20-15-21(30)16-22(31)25(20)28(33)34-18(17)2/h5-11,13-18,23-24,26,30-31H,12H2,1-4H3/b11-8+,14-13-/t17-,18+,23?,24+,26?/m1/s1. The molecule has 196 valence electrons. The number of phenolic OH excluding ortho intramolecular Hbond substituents is 2. The second kappa shape index (κ2) is 10.8. The number of hydrogen-bond donors (Lipinski definition) is 2. The van der Waals surface area contributed by atoms with Crippen LogP contribution in [0.1, 0.15) is 60.4 Å². The normalized spacial score (nSPS) is 29.2. The first-order valence-electron chi connectivity index (χ1n) is 12.3. The number of esters is 2. The Balaban J connectivity index is 1.72. The fourth-order valence-electron chi connectivity index (χ4n) is 4.40. The van der Waals surface area contributed by atoms with Crippen LogP contribution in [-0.2, 0) is 18.9 Å². The molecule has 2 aromatic rings. The highest BCUT2D eigenvalue weighted by molar-refractivity contribution is 5.97. The maximum atomic E-state index is 13.0. The average Bonchev–Trinajstić information content (AvgIpc) is 3.14. The lowest BCUT2D eigenvalue weighted by atomic mass is 9.98. The van der Waals surface area contributed by atoms with E-state index in [4.69, 9.17) is 18.9 Å². The number of hydrogen-bond acceptors (Lipinski definition) is 8. The molecule has 2 N–H and O–H groups in total. The summed E-state index contributed by atoms with van der Waals surface area (Å²) in [7, 11) is 0.